The average Bonchev–Trinajstić information content (AvgIpc) is 2.62. The van der Waals surface area contributed by atoms with Gasteiger partial charge in [0.15, 0.2) is 11.5 Å². The van der Waals surface area contributed by atoms with Gasteiger partial charge >= 0.3 is 6.03 Å². The van der Waals surface area contributed by atoms with E-state index in [0.717, 1.165) is 11.1 Å². The number of carbonyl (C=O) groups excluding carboxylic acids is 1. The van der Waals surface area contributed by atoms with Crippen molar-refractivity contribution in [3.8, 4) is 17.2 Å². The van der Waals surface area contributed by atoms with E-state index in [2.05, 4.69) is 27.4 Å². The number of primary amides is 1. The second-order valence-corrected chi connectivity index (χ2v) is 4.70. The molecule has 0 spiro atoms. The van der Waals surface area contributed by atoms with Gasteiger partial charge in [-0.05, 0) is 23.3 Å². The summed E-state index contributed by atoms with van der Waals surface area (Å²) in [5.41, 5.74) is 6.54. The van der Waals surface area contributed by atoms with Crippen LogP contribution in [0.4, 0.5) is 4.79 Å². The van der Waals surface area contributed by atoms with Crippen molar-refractivity contribution in [2.75, 3.05) is 21.3 Å². The molecule has 2 rings (SSSR count). The molecular weight excluding hydrogens is 328 g/mol. The fraction of sp³-hybridized carbons (Fsp3) is 0.267. The Labute approximate surface area is 145 Å². The fourth-order valence-electron chi connectivity index (χ4n) is 1.89. The molecule has 0 atom stereocenters. The normalized spacial score (nSPS) is 9.48. The number of carbonyl (C=O) groups is 1. The first-order valence-corrected chi connectivity index (χ1v) is 7.04. The van der Waals surface area contributed by atoms with Crippen molar-refractivity contribution in [2.45, 2.75) is 6.42 Å². The van der Waals surface area contributed by atoms with Gasteiger partial charge in [-0.3, -0.25) is 0 Å². The second-order valence-electron chi connectivity index (χ2n) is 4.70. The minimum atomic E-state index is -0.852. The van der Waals surface area contributed by atoms with Crippen LogP contribution in [0.25, 0.3) is 0 Å². The van der Waals surface area contributed by atoms with Gasteiger partial charge < -0.3 is 19.9 Å². The van der Waals surface area contributed by atoms with Crippen LogP contribution in [-0.4, -0.2) is 42.4 Å². The van der Waals surface area contributed by atoms with E-state index in [1.54, 1.807) is 33.7 Å². The number of hydrogen-bond acceptors (Lipinski definition) is 8. The zero-order valence-electron chi connectivity index (χ0n) is 14.3. The number of nitrogens with two attached hydrogens (primary N) is 3. The Balaban J connectivity index is 0.000000450. The highest BCUT2D eigenvalue weighted by Gasteiger charge is 2.13. The SMILES string of the molecule is COc1cc(Cc2cncnc2)cc(OC)c1OC.NC(=O)N(N)N. The molecule has 0 aliphatic heterocycles. The Kier molecular flexibility index (Phi) is 7.90. The van der Waals surface area contributed by atoms with Crippen molar-refractivity contribution in [1.29, 1.82) is 0 Å². The van der Waals surface area contributed by atoms with Gasteiger partial charge in [0.1, 0.15) is 6.33 Å². The molecule has 0 aliphatic rings. The molecule has 0 radical (unpaired) electrons. The first kappa shape index (κ1) is 19.9. The molecular formula is C15H22N6O4. The Morgan fingerprint density at radius 2 is 1.48 bits per heavy atom. The number of urea groups is 1. The number of hydrazine groups is 2. The van der Waals surface area contributed by atoms with Gasteiger partial charge in [0.05, 0.1) is 21.3 Å². The fourth-order valence-corrected chi connectivity index (χ4v) is 1.89. The van der Waals surface area contributed by atoms with Gasteiger partial charge in [-0.1, -0.05) is 0 Å². The van der Waals surface area contributed by atoms with E-state index in [1.165, 1.54) is 6.33 Å². The lowest BCUT2D eigenvalue weighted by Gasteiger charge is -2.14. The molecule has 1 aromatic heterocycles. The number of ether oxygens (including phenoxy) is 3. The Morgan fingerprint density at radius 3 is 1.84 bits per heavy atom. The molecule has 0 fully saturated rings. The first-order chi connectivity index (χ1) is 11.9. The molecule has 0 unspecified atom stereocenters. The predicted octanol–water partition coefficient (Wildman–Crippen LogP) is 0.208. The lowest BCUT2D eigenvalue weighted by molar-refractivity contribution is 0.210. The molecule has 0 bridgehead atoms. The summed E-state index contributed by atoms with van der Waals surface area (Å²) in [7, 11) is 4.80. The minimum absolute atomic E-state index is 0.306. The third kappa shape index (κ3) is 6.12. The zero-order valence-corrected chi connectivity index (χ0v) is 14.3. The summed E-state index contributed by atoms with van der Waals surface area (Å²) >= 11 is 0. The number of aromatic nitrogens is 2. The van der Waals surface area contributed by atoms with E-state index in [4.69, 9.17) is 14.2 Å². The van der Waals surface area contributed by atoms with Crippen LogP contribution in [-0.2, 0) is 6.42 Å². The molecule has 0 saturated carbocycles. The van der Waals surface area contributed by atoms with Crippen LogP contribution in [0.15, 0.2) is 30.9 Å². The Morgan fingerprint density at radius 1 is 1.00 bits per heavy atom. The summed E-state index contributed by atoms with van der Waals surface area (Å²) in [5, 5.41) is 0.306. The molecule has 6 N–H and O–H groups in total. The molecule has 10 nitrogen and oxygen atoms in total. The topological polar surface area (TPSA) is 152 Å². The van der Waals surface area contributed by atoms with Gasteiger partial charge in [-0.25, -0.2) is 26.4 Å². The van der Waals surface area contributed by atoms with Gasteiger partial charge in [0.25, 0.3) is 0 Å². The monoisotopic (exact) mass is 350 g/mol. The lowest BCUT2D eigenvalue weighted by Crippen LogP contribution is -2.46. The third-order valence-corrected chi connectivity index (χ3v) is 3.00. The summed E-state index contributed by atoms with van der Waals surface area (Å²) in [6, 6.07) is 3.00. The van der Waals surface area contributed by atoms with Gasteiger partial charge in [0.2, 0.25) is 5.75 Å². The number of amides is 2. The average molecular weight is 350 g/mol. The first-order valence-electron chi connectivity index (χ1n) is 7.04. The molecule has 136 valence electrons. The van der Waals surface area contributed by atoms with Gasteiger partial charge in [0, 0.05) is 18.8 Å². The maximum Gasteiger partial charge on any atom is 0.343 e. The van der Waals surface area contributed by atoms with Crippen LogP contribution in [0.2, 0.25) is 0 Å². The summed E-state index contributed by atoms with van der Waals surface area (Å²) in [5.74, 6) is 11.0. The molecule has 2 aromatic rings. The molecule has 0 saturated heterocycles. The van der Waals surface area contributed by atoms with Crippen LogP contribution < -0.4 is 31.6 Å². The van der Waals surface area contributed by atoms with Gasteiger partial charge in [-0.15, -0.1) is 0 Å². The second kappa shape index (κ2) is 9.90. The smallest absolute Gasteiger partial charge is 0.343 e. The van der Waals surface area contributed by atoms with Crippen molar-refractivity contribution < 1.29 is 19.0 Å². The highest BCUT2D eigenvalue weighted by Crippen LogP contribution is 2.38. The summed E-state index contributed by atoms with van der Waals surface area (Å²) in [6.45, 7) is 0. The minimum Gasteiger partial charge on any atom is -0.493 e. The van der Waals surface area contributed by atoms with Gasteiger partial charge in [-0.2, -0.15) is 5.12 Å². The predicted molar refractivity (Wildman–Crippen MR) is 90.7 cm³/mol. The van der Waals surface area contributed by atoms with Crippen LogP contribution in [0, 0.1) is 0 Å². The van der Waals surface area contributed by atoms with E-state index in [9.17, 15) is 4.79 Å². The summed E-state index contributed by atoms with van der Waals surface area (Å²) in [4.78, 5) is 17.6. The van der Waals surface area contributed by atoms with Crippen LogP contribution >= 0.6 is 0 Å². The van der Waals surface area contributed by atoms with Crippen molar-refractivity contribution in [1.82, 2.24) is 15.1 Å². The van der Waals surface area contributed by atoms with E-state index in [-0.39, 0.29) is 0 Å². The van der Waals surface area contributed by atoms with Crippen molar-refractivity contribution in [2.24, 2.45) is 17.4 Å². The molecule has 1 heterocycles. The van der Waals surface area contributed by atoms with Crippen molar-refractivity contribution in [3.05, 3.63) is 42.0 Å². The summed E-state index contributed by atoms with van der Waals surface area (Å²) in [6.07, 6.45) is 5.79. The highest BCUT2D eigenvalue weighted by molar-refractivity contribution is 5.70. The quantitative estimate of drug-likeness (QED) is 0.393. The van der Waals surface area contributed by atoms with Crippen LogP contribution in [0.5, 0.6) is 17.2 Å². The Hall–Kier alpha value is -3.11. The van der Waals surface area contributed by atoms with E-state index in [1.807, 2.05) is 12.1 Å². The number of benzene rings is 1. The zero-order chi connectivity index (χ0) is 18.8. The Bertz CT molecular complexity index is 656. The molecule has 1 aromatic carbocycles. The van der Waals surface area contributed by atoms with Crippen LogP contribution in [0.1, 0.15) is 11.1 Å². The maximum absolute atomic E-state index is 9.60. The number of hydrogen-bond donors (Lipinski definition) is 3. The van der Waals surface area contributed by atoms with E-state index < -0.39 is 6.03 Å². The number of methoxy groups -OCH3 is 3. The van der Waals surface area contributed by atoms with E-state index >= 15 is 0 Å². The lowest BCUT2D eigenvalue weighted by atomic mass is 10.1. The molecule has 0 aliphatic carbocycles. The maximum atomic E-state index is 9.60. The molecule has 25 heavy (non-hydrogen) atoms. The largest absolute Gasteiger partial charge is 0.493 e. The van der Waals surface area contributed by atoms with E-state index in [0.29, 0.717) is 28.8 Å². The van der Waals surface area contributed by atoms with Crippen molar-refractivity contribution >= 4 is 6.03 Å². The highest BCUT2D eigenvalue weighted by atomic mass is 16.5. The molecule has 2 amide bonds. The van der Waals surface area contributed by atoms with Crippen LogP contribution in [0.3, 0.4) is 0 Å². The molecule has 10 heteroatoms. The van der Waals surface area contributed by atoms with Crippen molar-refractivity contribution in [3.63, 3.8) is 0 Å². The number of rotatable bonds is 5. The standard InChI is InChI=1S/C14H16N2O3.CH6N4O/c1-17-12-5-10(4-11-7-15-9-16-8-11)6-13(18-2)14(12)19-3;2-1(6)5(3)4/h5-9H,4H2,1-3H3;3-4H2,(H2,2,6). The third-order valence-electron chi connectivity index (χ3n) is 3.00. The number of nitrogens with zero attached hydrogens (tertiary/aromatic N) is 3. The summed E-state index contributed by atoms with van der Waals surface area (Å²) < 4.78 is 15.9.